The van der Waals surface area contributed by atoms with Gasteiger partial charge >= 0.3 is 5.97 Å². The second-order valence-electron chi connectivity index (χ2n) is 8.35. The Balaban J connectivity index is 1.60. The number of carbonyl (C=O) groups is 1. The van der Waals surface area contributed by atoms with Gasteiger partial charge in [-0.15, -0.1) is 0 Å². The summed E-state index contributed by atoms with van der Waals surface area (Å²) in [6, 6.07) is 17.4. The van der Waals surface area contributed by atoms with Crippen LogP contribution in [-0.4, -0.2) is 43.6 Å². The highest BCUT2D eigenvalue weighted by Crippen LogP contribution is 2.39. The van der Waals surface area contributed by atoms with Crippen LogP contribution in [0.2, 0.25) is 0 Å². The molecule has 8 heteroatoms. The molecule has 2 aromatic carbocycles. The van der Waals surface area contributed by atoms with E-state index in [1.807, 2.05) is 53.7 Å². The summed E-state index contributed by atoms with van der Waals surface area (Å²) in [5.74, 6) is -0.988. The first-order chi connectivity index (χ1) is 16.2. The Morgan fingerprint density at radius 2 is 1.55 bits per heavy atom. The Hall–Kier alpha value is -4.07. The van der Waals surface area contributed by atoms with Crippen molar-refractivity contribution in [2.45, 2.75) is 25.6 Å². The van der Waals surface area contributed by atoms with Crippen LogP contribution in [0.4, 0.5) is 11.4 Å². The third kappa shape index (κ3) is 4.45. The van der Waals surface area contributed by atoms with Gasteiger partial charge in [0.15, 0.2) is 0 Å². The molecule has 0 saturated carbocycles. The molecule has 0 fully saturated rings. The predicted octanol–water partition coefficient (Wildman–Crippen LogP) is 3.47. The van der Waals surface area contributed by atoms with E-state index < -0.39 is 12.0 Å². The van der Waals surface area contributed by atoms with Crippen LogP contribution in [0.25, 0.3) is 0 Å². The van der Waals surface area contributed by atoms with Crippen molar-refractivity contribution in [3.05, 3.63) is 96.6 Å². The summed E-state index contributed by atoms with van der Waals surface area (Å²) < 4.78 is 0. The van der Waals surface area contributed by atoms with E-state index in [-0.39, 0.29) is 5.92 Å². The minimum Gasteiger partial charge on any atom is -0.480 e. The zero-order chi connectivity index (χ0) is 22.6. The SMILES string of the molecule is O=C(O)[C@H]1[C@@H](Cc2ccccc2)CN(Cc2c[nH]cn2)c2ccccc2N1Cc1c[nH]cn1. The second kappa shape index (κ2) is 9.20. The number of nitrogens with zero attached hydrogens (tertiary/aromatic N) is 4. The highest BCUT2D eigenvalue weighted by atomic mass is 16.4. The van der Waals surface area contributed by atoms with Gasteiger partial charge in [0, 0.05) is 24.9 Å². The molecule has 0 spiro atoms. The number of imidazole rings is 2. The minimum atomic E-state index is -0.831. The number of H-pyrrole nitrogens is 2. The number of carboxylic acids is 1. The van der Waals surface area contributed by atoms with Crippen molar-refractivity contribution in [2.75, 3.05) is 16.3 Å². The van der Waals surface area contributed by atoms with E-state index in [1.165, 1.54) is 0 Å². The Bertz CT molecular complexity index is 1180. The van der Waals surface area contributed by atoms with Gasteiger partial charge in [-0.05, 0) is 24.1 Å². The standard InChI is InChI=1S/C25H26N6O2/c32-25(33)24-19(10-18-6-2-1-3-7-18)13-30(14-20-11-26-16-28-20)22-8-4-5-9-23(22)31(24)15-21-12-27-17-29-21/h1-9,11-12,16-17,19,24H,10,13-15H2,(H,26,28)(H,27,29)(H,32,33)/t19-,24+/m0/s1. The lowest BCUT2D eigenvalue weighted by molar-refractivity contribution is -0.139. The maximum absolute atomic E-state index is 12.8. The molecule has 0 unspecified atom stereocenters. The van der Waals surface area contributed by atoms with Crippen LogP contribution in [0.3, 0.4) is 0 Å². The summed E-state index contributed by atoms with van der Waals surface area (Å²) in [7, 11) is 0. The second-order valence-corrected chi connectivity index (χ2v) is 8.35. The smallest absolute Gasteiger partial charge is 0.326 e. The molecule has 2 atom stereocenters. The molecule has 3 heterocycles. The van der Waals surface area contributed by atoms with Gasteiger partial charge in [0.05, 0.1) is 48.5 Å². The molecule has 0 aliphatic carbocycles. The van der Waals surface area contributed by atoms with Crippen LogP contribution in [0.1, 0.15) is 17.0 Å². The molecular weight excluding hydrogens is 416 g/mol. The van der Waals surface area contributed by atoms with E-state index in [2.05, 4.69) is 43.0 Å². The van der Waals surface area contributed by atoms with E-state index in [9.17, 15) is 9.90 Å². The fourth-order valence-electron chi connectivity index (χ4n) is 4.75. The molecule has 0 bridgehead atoms. The molecule has 0 amide bonds. The van der Waals surface area contributed by atoms with Crippen LogP contribution in [0.5, 0.6) is 0 Å². The fourth-order valence-corrected chi connectivity index (χ4v) is 4.75. The molecule has 2 aromatic heterocycles. The normalized spacial score (nSPS) is 18.1. The van der Waals surface area contributed by atoms with Gasteiger partial charge in [-0.3, -0.25) is 0 Å². The number of fused-ring (bicyclic) bond motifs is 1. The number of rotatable bonds is 7. The maximum atomic E-state index is 12.8. The van der Waals surface area contributed by atoms with Crippen LogP contribution in [0, 0.1) is 5.92 Å². The van der Waals surface area contributed by atoms with Crippen LogP contribution in [-0.2, 0) is 24.3 Å². The number of carboxylic acid groups (broad SMARTS) is 1. The van der Waals surface area contributed by atoms with Crippen molar-refractivity contribution in [2.24, 2.45) is 5.92 Å². The first kappa shape index (κ1) is 20.8. The van der Waals surface area contributed by atoms with E-state index >= 15 is 0 Å². The summed E-state index contributed by atoms with van der Waals surface area (Å²) >= 11 is 0. The molecular formula is C25H26N6O2. The molecule has 1 aliphatic rings. The van der Waals surface area contributed by atoms with Crippen molar-refractivity contribution in [1.29, 1.82) is 0 Å². The van der Waals surface area contributed by atoms with Crippen molar-refractivity contribution >= 4 is 17.3 Å². The zero-order valence-corrected chi connectivity index (χ0v) is 18.1. The van der Waals surface area contributed by atoms with Gasteiger partial charge in [0.2, 0.25) is 0 Å². The number of benzene rings is 2. The highest BCUT2D eigenvalue weighted by molar-refractivity contribution is 5.83. The summed E-state index contributed by atoms with van der Waals surface area (Å²) in [6.45, 7) is 1.58. The summed E-state index contributed by atoms with van der Waals surface area (Å²) in [5, 5.41) is 10.5. The van der Waals surface area contributed by atoms with Crippen molar-refractivity contribution in [3.8, 4) is 0 Å². The quantitative estimate of drug-likeness (QED) is 0.405. The van der Waals surface area contributed by atoms with Crippen molar-refractivity contribution < 1.29 is 9.90 Å². The molecule has 3 N–H and O–H groups in total. The molecule has 0 saturated heterocycles. The monoisotopic (exact) mass is 442 g/mol. The number of aromatic amines is 2. The molecule has 8 nitrogen and oxygen atoms in total. The summed E-state index contributed by atoms with van der Waals surface area (Å²) in [6.07, 6.45) is 7.65. The van der Waals surface area contributed by atoms with Gasteiger partial charge in [-0.1, -0.05) is 42.5 Å². The topological polar surface area (TPSA) is 101 Å². The first-order valence-corrected chi connectivity index (χ1v) is 11.0. The largest absolute Gasteiger partial charge is 0.480 e. The lowest BCUT2D eigenvalue weighted by atomic mass is 9.90. The van der Waals surface area contributed by atoms with Crippen LogP contribution in [0.15, 0.2) is 79.6 Å². The van der Waals surface area contributed by atoms with Gasteiger partial charge in [0.25, 0.3) is 0 Å². The molecule has 168 valence electrons. The average molecular weight is 443 g/mol. The Morgan fingerprint density at radius 1 is 0.909 bits per heavy atom. The first-order valence-electron chi connectivity index (χ1n) is 11.0. The number of aromatic nitrogens is 4. The Morgan fingerprint density at radius 3 is 2.18 bits per heavy atom. The van der Waals surface area contributed by atoms with Gasteiger partial charge in [-0.2, -0.15) is 0 Å². The summed E-state index contributed by atoms with van der Waals surface area (Å²) in [5.41, 5.74) is 4.72. The number of hydrogen-bond acceptors (Lipinski definition) is 5. The molecule has 33 heavy (non-hydrogen) atoms. The molecule has 5 rings (SSSR count). The average Bonchev–Trinajstić information content (AvgIpc) is 3.51. The zero-order valence-electron chi connectivity index (χ0n) is 18.1. The van der Waals surface area contributed by atoms with Gasteiger partial charge < -0.3 is 24.9 Å². The van der Waals surface area contributed by atoms with E-state index in [1.54, 1.807) is 12.7 Å². The Kier molecular flexibility index (Phi) is 5.80. The van der Waals surface area contributed by atoms with Crippen molar-refractivity contribution in [3.63, 3.8) is 0 Å². The predicted molar refractivity (Wildman–Crippen MR) is 126 cm³/mol. The number of anilines is 2. The molecule has 1 aliphatic heterocycles. The van der Waals surface area contributed by atoms with Crippen LogP contribution >= 0.6 is 0 Å². The third-order valence-corrected chi connectivity index (χ3v) is 6.16. The molecule has 4 aromatic rings. The van der Waals surface area contributed by atoms with E-state index in [0.717, 1.165) is 28.3 Å². The van der Waals surface area contributed by atoms with Crippen molar-refractivity contribution in [1.82, 2.24) is 19.9 Å². The number of aliphatic carboxylic acids is 1. The van der Waals surface area contributed by atoms with E-state index in [4.69, 9.17) is 0 Å². The van der Waals surface area contributed by atoms with E-state index in [0.29, 0.717) is 26.1 Å². The highest BCUT2D eigenvalue weighted by Gasteiger charge is 2.39. The van der Waals surface area contributed by atoms with Crippen LogP contribution < -0.4 is 9.80 Å². The lowest BCUT2D eigenvalue weighted by Gasteiger charge is -2.33. The minimum absolute atomic E-state index is 0.157. The fraction of sp³-hybridized carbons (Fsp3) is 0.240. The number of nitrogens with one attached hydrogen (secondary N) is 2. The number of hydrogen-bond donors (Lipinski definition) is 3. The summed E-state index contributed by atoms with van der Waals surface area (Å²) in [4.78, 5) is 31.8. The lowest BCUT2D eigenvalue weighted by Crippen LogP contribution is -2.48. The maximum Gasteiger partial charge on any atom is 0.326 e. The van der Waals surface area contributed by atoms with Gasteiger partial charge in [-0.25, -0.2) is 14.8 Å². The third-order valence-electron chi connectivity index (χ3n) is 6.16. The molecule has 0 radical (unpaired) electrons. The van der Waals surface area contributed by atoms with Gasteiger partial charge in [0.1, 0.15) is 6.04 Å². The Labute approximate surface area is 191 Å². The number of para-hydroxylation sites is 2.